The standard InChI is InChI=1S/C12H24N2O4/c1-6(2)12-8(4-13)10(16)11(17)9(18-12)5-14-7(3)15/h6,8-12,16-17H,4-5,13H2,1-3H3,(H,14,15). The number of aliphatic hydroxyl groups excluding tert-OH is 2. The number of carbonyl (C=O) groups excluding carboxylic acids is 1. The fourth-order valence-corrected chi connectivity index (χ4v) is 2.39. The Bertz CT molecular complexity index is 285. The summed E-state index contributed by atoms with van der Waals surface area (Å²) in [6.45, 7) is 5.80. The zero-order valence-corrected chi connectivity index (χ0v) is 11.2. The molecule has 1 saturated heterocycles. The third-order valence-electron chi connectivity index (χ3n) is 3.40. The van der Waals surface area contributed by atoms with Crippen LogP contribution in [0.1, 0.15) is 20.8 Å². The lowest BCUT2D eigenvalue weighted by molar-refractivity contribution is -0.206. The van der Waals surface area contributed by atoms with E-state index in [2.05, 4.69) is 5.32 Å². The monoisotopic (exact) mass is 260 g/mol. The van der Waals surface area contributed by atoms with E-state index in [1.807, 2.05) is 13.8 Å². The van der Waals surface area contributed by atoms with Crippen molar-refractivity contribution in [3.8, 4) is 0 Å². The lowest BCUT2D eigenvalue weighted by atomic mass is 9.82. The fraction of sp³-hybridized carbons (Fsp3) is 0.917. The zero-order valence-electron chi connectivity index (χ0n) is 11.2. The molecule has 0 bridgehead atoms. The number of rotatable bonds is 4. The van der Waals surface area contributed by atoms with Crippen LogP contribution in [0.5, 0.6) is 0 Å². The van der Waals surface area contributed by atoms with Crippen molar-refractivity contribution in [3.63, 3.8) is 0 Å². The number of nitrogens with two attached hydrogens (primary N) is 1. The molecule has 1 rings (SSSR count). The fourth-order valence-electron chi connectivity index (χ4n) is 2.39. The summed E-state index contributed by atoms with van der Waals surface area (Å²) in [5.41, 5.74) is 5.63. The molecule has 6 heteroatoms. The van der Waals surface area contributed by atoms with Gasteiger partial charge in [-0.1, -0.05) is 13.8 Å². The van der Waals surface area contributed by atoms with E-state index in [-0.39, 0.29) is 36.9 Å². The van der Waals surface area contributed by atoms with Gasteiger partial charge in [-0.05, 0) is 5.92 Å². The molecule has 18 heavy (non-hydrogen) atoms. The molecule has 0 aromatic carbocycles. The van der Waals surface area contributed by atoms with E-state index in [9.17, 15) is 15.0 Å². The Morgan fingerprint density at radius 1 is 1.39 bits per heavy atom. The van der Waals surface area contributed by atoms with Gasteiger partial charge in [-0.3, -0.25) is 4.79 Å². The Morgan fingerprint density at radius 2 is 2.00 bits per heavy atom. The highest BCUT2D eigenvalue weighted by molar-refractivity contribution is 5.72. The molecule has 5 N–H and O–H groups in total. The van der Waals surface area contributed by atoms with Crippen molar-refractivity contribution in [1.82, 2.24) is 5.32 Å². The Morgan fingerprint density at radius 3 is 2.44 bits per heavy atom. The minimum atomic E-state index is -1.03. The second-order valence-electron chi connectivity index (χ2n) is 5.20. The van der Waals surface area contributed by atoms with Gasteiger partial charge in [0.2, 0.25) is 5.91 Å². The first kappa shape index (κ1) is 15.4. The number of carbonyl (C=O) groups is 1. The Labute approximate surface area is 108 Å². The van der Waals surface area contributed by atoms with E-state index >= 15 is 0 Å². The quantitative estimate of drug-likeness (QED) is 0.510. The number of ether oxygens (including phenoxy) is 1. The maximum Gasteiger partial charge on any atom is 0.216 e. The highest BCUT2D eigenvalue weighted by atomic mass is 16.5. The minimum absolute atomic E-state index is 0.181. The number of amides is 1. The van der Waals surface area contributed by atoms with Gasteiger partial charge >= 0.3 is 0 Å². The van der Waals surface area contributed by atoms with Crippen molar-refractivity contribution in [2.45, 2.75) is 45.2 Å². The lowest BCUT2D eigenvalue weighted by Crippen LogP contribution is -2.60. The summed E-state index contributed by atoms with van der Waals surface area (Å²) < 4.78 is 5.78. The SMILES string of the molecule is CC(=O)NCC1OC(C(C)C)C(CN)C(O)C1O. The van der Waals surface area contributed by atoms with Gasteiger partial charge in [-0.2, -0.15) is 0 Å². The van der Waals surface area contributed by atoms with E-state index in [4.69, 9.17) is 10.5 Å². The second-order valence-corrected chi connectivity index (χ2v) is 5.20. The summed E-state index contributed by atoms with van der Waals surface area (Å²) in [7, 11) is 0. The molecule has 5 atom stereocenters. The molecular weight excluding hydrogens is 236 g/mol. The van der Waals surface area contributed by atoms with Crippen LogP contribution in [0.3, 0.4) is 0 Å². The Kier molecular flexibility index (Phi) is 5.52. The van der Waals surface area contributed by atoms with Crippen molar-refractivity contribution in [1.29, 1.82) is 0 Å². The van der Waals surface area contributed by atoms with Gasteiger partial charge in [-0.15, -0.1) is 0 Å². The molecule has 1 heterocycles. The molecule has 0 aromatic heterocycles. The number of aliphatic hydroxyl groups is 2. The predicted molar refractivity (Wildman–Crippen MR) is 66.7 cm³/mol. The van der Waals surface area contributed by atoms with Crippen molar-refractivity contribution in [2.24, 2.45) is 17.6 Å². The van der Waals surface area contributed by atoms with Gasteiger partial charge in [0.05, 0.1) is 12.2 Å². The molecule has 0 spiro atoms. The zero-order chi connectivity index (χ0) is 13.9. The number of hydrogen-bond acceptors (Lipinski definition) is 5. The van der Waals surface area contributed by atoms with Crippen molar-refractivity contribution < 1.29 is 19.7 Å². The minimum Gasteiger partial charge on any atom is -0.390 e. The summed E-state index contributed by atoms with van der Waals surface area (Å²) in [6.07, 6.45) is -2.76. The van der Waals surface area contributed by atoms with Crippen molar-refractivity contribution >= 4 is 5.91 Å². The summed E-state index contributed by atoms with van der Waals surface area (Å²) in [6, 6.07) is 0. The molecule has 0 aliphatic carbocycles. The van der Waals surface area contributed by atoms with Crippen molar-refractivity contribution in [2.75, 3.05) is 13.1 Å². The van der Waals surface area contributed by atoms with Gasteiger partial charge in [0.25, 0.3) is 0 Å². The highest BCUT2D eigenvalue weighted by Crippen LogP contribution is 2.29. The first-order valence-electron chi connectivity index (χ1n) is 6.34. The molecule has 0 aromatic rings. The van der Waals surface area contributed by atoms with Crippen LogP contribution in [0.4, 0.5) is 0 Å². The molecule has 5 unspecified atom stereocenters. The van der Waals surface area contributed by atoms with E-state index in [1.165, 1.54) is 6.92 Å². The van der Waals surface area contributed by atoms with Crippen LogP contribution in [0.25, 0.3) is 0 Å². The molecule has 6 nitrogen and oxygen atoms in total. The van der Waals surface area contributed by atoms with Crippen LogP contribution in [0, 0.1) is 11.8 Å². The maximum atomic E-state index is 10.9. The molecule has 106 valence electrons. The van der Waals surface area contributed by atoms with E-state index in [1.54, 1.807) is 0 Å². The third-order valence-corrected chi connectivity index (χ3v) is 3.40. The van der Waals surface area contributed by atoms with Gasteiger partial charge in [0.15, 0.2) is 0 Å². The lowest BCUT2D eigenvalue weighted by Gasteiger charge is -2.44. The average Bonchev–Trinajstić information content (AvgIpc) is 2.30. The summed E-state index contributed by atoms with van der Waals surface area (Å²) in [5, 5.41) is 22.6. The molecule has 0 saturated carbocycles. The first-order valence-corrected chi connectivity index (χ1v) is 6.34. The Balaban J connectivity index is 2.74. The predicted octanol–water partition coefficient (Wildman–Crippen LogP) is -1.16. The maximum absolute atomic E-state index is 10.9. The van der Waals surface area contributed by atoms with Crippen LogP contribution in [-0.4, -0.2) is 53.6 Å². The molecule has 1 amide bonds. The van der Waals surface area contributed by atoms with Crippen LogP contribution in [0.2, 0.25) is 0 Å². The van der Waals surface area contributed by atoms with Gasteiger partial charge < -0.3 is 26.0 Å². The third kappa shape index (κ3) is 3.41. The Hall–Kier alpha value is -0.690. The largest absolute Gasteiger partial charge is 0.390 e. The molecule has 0 radical (unpaired) electrons. The summed E-state index contributed by atoms with van der Waals surface area (Å²) in [5.74, 6) is -0.295. The molecule has 1 aliphatic rings. The van der Waals surface area contributed by atoms with Gasteiger partial charge in [-0.25, -0.2) is 0 Å². The number of nitrogens with one attached hydrogen (secondary N) is 1. The van der Waals surface area contributed by atoms with Crippen LogP contribution in [-0.2, 0) is 9.53 Å². The average molecular weight is 260 g/mol. The van der Waals surface area contributed by atoms with Crippen LogP contribution in [0.15, 0.2) is 0 Å². The van der Waals surface area contributed by atoms with E-state index < -0.39 is 18.3 Å². The normalized spacial score (nSPS) is 36.7. The molecule has 1 aliphatic heterocycles. The first-order chi connectivity index (χ1) is 8.38. The highest BCUT2D eigenvalue weighted by Gasteiger charge is 2.44. The van der Waals surface area contributed by atoms with Crippen molar-refractivity contribution in [3.05, 3.63) is 0 Å². The smallest absolute Gasteiger partial charge is 0.216 e. The molecular formula is C12H24N2O4. The van der Waals surface area contributed by atoms with E-state index in [0.29, 0.717) is 0 Å². The number of hydrogen-bond donors (Lipinski definition) is 4. The summed E-state index contributed by atoms with van der Waals surface area (Å²) >= 11 is 0. The second kappa shape index (κ2) is 6.47. The van der Waals surface area contributed by atoms with E-state index in [0.717, 1.165) is 0 Å². The molecule has 1 fully saturated rings. The van der Waals surface area contributed by atoms with Gasteiger partial charge in [0.1, 0.15) is 12.2 Å². The summed E-state index contributed by atoms with van der Waals surface area (Å²) in [4.78, 5) is 10.9. The van der Waals surface area contributed by atoms with Crippen LogP contribution >= 0.6 is 0 Å². The topological polar surface area (TPSA) is 105 Å². The van der Waals surface area contributed by atoms with Crippen LogP contribution < -0.4 is 11.1 Å². The van der Waals surface area contributed by atoms with Gasteiger partial charge in [0, 0.05) is 25.9 Å².